The van der Waals surface area contributed by atoms with Crippen molar-refractivity contribution in [2.75, 3.05) is 20.2 Å². The molecule has 1 aliphatic rings. The number of carbonyl (C=O) groups is 1. The Labute approximate surface area is 174 Å². The predicted octanol–water partition coefficient (Wildman–Crippen LogP) is 4.52. The highest BCUT2D eigenvalue weighted by molar-refractivity contribution is 5.97. The number of benzene rings is 3. The lowest BCUT2D eigenvalue weighted by atomic mass is 10.1. The summed E-state index contributed by atoms with van der Waals surface area (Å²) < 4.78 is 5.60. The van der Waals surface area contributed by atoms with Crippen LogP contribution >= 0.6 is 0 Å². The molecule has 1 amide bonds. The summed E-state index contributed by atoms with van der Waals surface area (Å²) in [5.41, 5.74) is 6.27. The molecule has 3 aromatic carbocycles. The minimum absolute atomic E-state index is 0.113. The van der Waals surface area contributed by atoms with Gasteiger partial charge in [0.1, 0.15) is 11.6 Å². The Kier molecular flexibility index (Phi) is 4.85. The first kappa shape index (κ1) is 18.6. The summed E-state index contributed by atoms with van der Waals surface area (Å²) >= 11 is 0. The second-order valence-corrected chi connectivity index (χ2v) is 7.71. The molecule has 2 heterocycles. The molecule has 1 fully saturated rings. The van der Waals surface area contributed by atoms with E-state index in [4.69, 9.17) is 9.72 Å². The van der Waals surface area contributed by atoms with E-state index in [1.807, 2.05) is 29.3 Å². The number of nitrogens with one attached hydrogen (secondary N) is 2. The van der Waals surface area contributed by atoms with Crippen molar-refractivity contribution in [2.24, 2.45) is 0 Å². The highest BCUT2D eigenvalue weighted by atomic mass is 16.5. The molecular formula is C24H24N4O2. The molecule has 0 radical (unpaired) electrons. The Morgan fingerprint density at radius 2 is 1.80 bits per heavy atom. The molecule has 0 saturated carbocycles. The zero-order valence-corrected chi connectivity index (χ0v) is 16.9. The third-order valence-corrected chi connectivity index (χ3v) is 5.68. The molecule has 6 heteroatoms. The van der Waals surface area contributed by atoms with Crippen LogP contribution < -0.4 is 10.2 Å². The molecular weight excluding hydrogens is 376 g/mol. The third-order valence-electron chi connectivity index (χ3n) is 5.68. The number of methoxy groups -OCH3 is 1. The average molecular weight is 400 g/mol. The van der Waals surface area contributed by atoms with E-state index in [0.717, 1.165) is 59.1 Å². The van der Waals surface area contributed by atoms with E-state index in [9.17, 15) is 4.79 Å². The summed E-state index contributed by atoms with van der Waals surface area (Å²) in [4.78, 5) is 20.8. The second kappa shape index (κ2) is 7.80. The molecule has 30 heavy (non-hydrogen) atoms. The van der Waals surface area contributed by atoms with Crippen LogP contribution in [0.2, 0.25) is 0 Å². The zero-order chi connectivity index (χ0) is 20.5. The Morgan fingerprint density at radius 3 is 2.57 bits per heavy atom. The molecule has 0 spiro atoms. The van der Waals surface area contributed by atoms with Crippen LogP contribution in [0.4, 0.5) is 0 Å². The molecule has 0 atom stereocenters. The fraction of sp³-hybridized carbons (Fsp3) is 0.250. The first-order valence-electron chi connectivity index (χ1n) is 10.3. The van der Waals surface area contributed by atoms with Gasteiger partial charge in [-0.25, -0.2) is 9.99 Å². The van der Waals surface area contributed by atoms with Gasteiger partial charge in [0.2, 0.25) is 0 Å². The van der Waals surface area contributed by atoms with E-state index < -0.39 is 0 Å². The van der Waals surface area contributed by atoms with Gasteiger partial charge in [-0.2, -0.15) is 0 Å². The minimum atomic E-state index is -0.113. The van der Waals surface area contributed by atoms with Crippen molar-refractivity contribution in [3.05, 3.63) is 60.2 Å². The topological polar surface area (TPSA) is 70.2 Å². The third kappa shape index (κ3) is 3.50. The van der Waals surface area contributed by atoms with Gasteiger partial charge in [0, 0.05) is 18.7 Å². The summed E-state index contributed by atoms with van der Waals surface area (Å²) in [6.07, 6.45) is 3.45. The van der Waals surface area contributed by atoms with Crippen LogP contribution in [0, 0.1) is 0 Å². The molecule has 2 N–H and O–H groups in total. The number of aromatic amines is 1. The van der Waals surface area contributed by atoms with Crippen LogP contribution in [0.15, 0.2) is 54.6 Å². The summed E-state index contributed by atoms with van der Waals surface area (Å²) in [5.74, 6) is 1.22. The molecule has 4 aromatic rings. The molecule has 152 valence electrons. The average Bonchev–Trinajstić information content (AvgIpc) is 3.20. The Morgan fingerprint density at radius 1 is 1.03 bits per heavy atom. The van der Waals surface area contributed by atoms with Gasteiger partial charge in [-0.15, -0.1) is 0 Å². The maximum atomic E-state index is 12.7. The van der Waals surface area contributed by atoms with Crippen LogP contribution in [0.3, 0.4) is 0 Å². The minimum Gasteiger partial charge on any atom is -0.496 e. The molecule has 1 aliphatic heterocycles. The Hall–Kier alpha value is -3.38. The van der Waals surface area contributed by atoms with Crippen LogP contribution in [0.5, 0.6) is 5.75 Å². The van der Waals surface area contributed by atoms with Gasteiger partial charge in [0.05, 0.1) is 23.7 Å². The fourth-order valence-corrected chi connectivity index (χ4v) is 4.07. The number of nitrogens with zero attached hydrogens (tertiary/aromatic N) is 2. The fourth-order valence-electron chi connectivity index (χ4n) is 4.07. The quantitative estimate of drug-likeness (QED) is 0.528. The normalized spacial score (nSPS) is 14.8. The number of fused-ring (bicyclic) bond motifs is 2. The van der Waals surface area contributed by atoms with E-state index in [0.29, 0.717) is 11.3 Å². The number of hydrogen-bond acceptors (Lipinski definition) is 4. The number of hydrazine groups is 1. The van der Waals surface area contributed by atoms with Crippen LogP contribution in [0.1, 0.15) is 29.6 Å². The van der Waals surface area contributed by atoms with E-state index in [1.54, 1.807) is 13.2 Å². The molecule has 0 bridgehead atoms. The van der Waals surface area contributed by atoms with Gasteiger partial charge in [0.15, 0.2) is 0 Å². The van der Waals surface area contributed by atoms with Gasteiger partial charge >= 0.3 is 0 Å². The van der Waals surface area contributed by atoms with Gasteiger partial charge in [0.25, 0.3) is 5.91 Å². The number of carbonyl (C=O) groups excluding carboxylic acids is 1. The number of piperidine rings is 1. The van der Waals surface area contributed by atoms with Crippen molar-refractivity contribution in [1.82, 2.24) is 20.4 Å². The summed E-state index contributed by atoms with van der Waals surface area (Å²) in [7, 11) is 1.61. The number of ether oxygens (including phenoxy) is 1. The number of aromatic nitrogens is 2. The number of rotatable bonds is 4. The van der Waals surface area contributed by atoms with Crippen molar-refractivity contribution in [3.8, 4) is 17.1 Å². The standard InChI is InChI=1S/C24H24N4O2/c1-30-22-15-18(24(29)27-28-11-5-2-6-12-28)9-10-19(22)23-25-20-13-16-7-3-4-8-17(16)14-21(20)26-23/h3-4,7-10,13-15H,2,5-6,11-12H2,1H3,(H,25,26)(H,27,29). The first-order chi connectivity index (χ1) is 14.7. The molecule has 5 rings (SSSR count). The molecule has 1 aromatic heterocycles. The van der Waals surface area contributed by atoms with Gasteiger partial charge in [-0.3, -0.25) is 10.2 Å². The number of H-pyrrole nitrogens is 1. The van der Waals surface area contributed by atoms with Crippen molar-refractivity contribution in [2.45, 2.75) is 19.3 Å². The molecule has 6 nitrogen and oxygen atoms in total. The first-order valence-corrected chi connectivity index (χ1v) is 10.3. The van der Waals surface area contributed by atoms with E-state index in [-0.39, 0.29) is 5.91 Å². The van der Waals surface area contributed by atoms with Crippen molar-refractivity contribution in [3.63, 3.8) is 0 Å². The van der Waals surface area contributed by atoms with Crippen LogP contribution in [-0.2, 0) is 0 Å². The number of imidazole rings is 1. The Bertz CT molecular complexity index is 1170. The zero-order valence-electron chi connectivity index (χ0n) is 16.9. The predicted molar refractivity (Wildman–Crippen MR) is 118 cm³/mol. The lowest BCUT2D eigenvalue weighted by Crippen LogP contribution is -2.45. The van der Waals surface area contributed by atoms with Gasteiger partial charge in [-0.05, 0) is 53.9 Å². The van der Waals surface area contributed by atoms with Crippen molar-refractivity contribution < 1.29 is 9.53 Å². The van der Waals surface area contributed by atoms with Gasteiger partial charge < -0.3 is 9.72 Å². The monoisotopic (exact) mass is 400 g/mol. The molecule has 1 saturated heterocycles. The highest BCUT2D eigenvalue weighted by Gasteiger charge is 2.17. The van der Waals surface area contributed by atoms with Crippen LogP contribution in [0.25, 0.3) is 33.2 Å². The lowest BCUT2D eigenvalue weighted by molar-refractivity contribution is 0.0750. The Balaban J connectivity index is 1.46. The van der Waals surface area contributed by atoms with Crippen LogP contribution in [-0.4, -0.2) is 41.1 Å². The lowest BCUT2D eigenvalue weighted by Gasteiger charge is -2.26. The highest BCUT2D eigenvalue weighted by Crippen LogP contribution is 2.31. The second-order valence-electron chi connectivity index (χ2n) is 7.71. The summed E-state index contributed by atoms with van der Waals surface area (Å²) in [6, 6.07) is 17.9. The van der Waals surface area contributed by atoms with E-state index >= 15 is 0 Å². The maximum absolute atomic E-state index is 12.7. The molecule has 0 aliphatic carbocycles. The smallest absolute Gasteiger partial charge is 0.265 e. The van der Waals surface area contributed by atoms with E-state index in [2.05, 4.69) is 34.7 Å². The van der Waals surface area contributed by atoms with Crippen molar-refractivity contribution in [1.29, 1.82) is 0 Å². The summed E-state index contributed by atoms with van der Waals surface area (Å²) in [5, 5.41) is 4.31. The number of amides is 1. The van der Waals surface area contributed by atoms with Crippen molar-refractivity contribution >= 4 is 27.7 Å². The van der Waals surface area contributed by atoms with Gasteiger partial charge in [-0.1, -0.05) is 30.7 Å². The molecule has 0 unspecified atom stereocenters. The largest absolute Gasteiger partial charge is 0.496 e. The summed E-state index contributed by atoms with van der Waals surface area (Å²) in [6.45, 7) is 1.79. The maximum Gasteiger partial charge on any atom is 0.265 e. The number of hydrogen-bond donors (Lipinski definition) is 2. The van der Waals surface area contributed by atoms with E-state index in [1.165, 1.54) is 6.42 Å². The SMILES string of the molecule is COc1cc(C(=O)NN2CCCCC2)ccc1-c1nc2cc3ccccc3cc2[nH]1.